The molecule has 1 saturated heterocycles. The summed E-state index contributed by atoms with van der Waals surface area (Å²) < 4.78 is 0. The first-order valence-corrected chi connectivity index (χ1v) is 6.59. The number of hydrazine groups is 1. The second kappa shape index (κ2) is 5.83. The van der Waals surface area contributed by atoms with Crippen molar-refractivity contribution < 1.29 is 4.92 Å². The van der Waals surface area contributed by atoms with E-state index < -0.39 is 4.92 Å². The molecule has 2 rings (SSSR count). The van der Waals surface area contributed by atoms with Crippen molar-refractivity contribution >= 4 is 29.2 Å². The third-order valence-corrected chi connectivity index (χ3v) is 4.01. The van der Waals surface area contributed by atoms with Crippen molar-refractivity contribution in [3.8, 4) is 0 Å². The first kappa shape index (κ1) is 12.8. The van der Waals surface area contributed by atoms with Gasteiger partial charge in [0, 0.05) is 11.8 Å². The number of hydrogen-bond donors (Lipinski definition) is 3. The Morgan fingerprint density at radius 1 is 1.67 bits per heavy atom. The molecule has 0 aromatic carbocycles. The normalized spacial score (nSPS) is 18.6. The minimum Gasteiger partial charge on any atom is -0.363 e. The highest BCUT2D eigenvalue weighted by Gasteiger charge is 2.20. The number of anilines is 2. The second-order valence-corrected chi connectivity index (χ2v) is 5.25. The fraction of sp³-hybridized carbons (Fsp3) is 0.556. The van der Waals surface area contributed by atoms with E-state index in [0.717, 1.165) is 18.4 Å². The lowest BCUT2D eigenvalue weighted by Crippen LogP contribution is -2.17. The fourth-order valence-electron chi connectivity index (χ4n) is 1.72. The molecule has 1 aliphatic heterocycles. The van der Waals surface area contributed by atoms with Crippen LogP contribution in [0.5, 0.6) is 0 Å². The highest BCUT2D eigenvalue weighted by Crippen LogP contribution is 2.28. The lowest BCUT2D eigenvalue weighted by Gasteiger charge is -2.11. The van der Waals surface area contributed by atoms with Gasteiger partial charge >= 0.3 is 5.69 Å². The summed E-state index contributed by atoms with van der Waals surface area (Å²) in [6.45, 7) is 0.659. The van der Waals surface area contributed by atoms with E-state index in [2.05, 4.69) is 20.7 Å². The van der Waals surface area contributed by atoms with E-state index in [1.165, 1.54) is 6.42 Å². The largest absolute Gasteiger partial charge is 0.363 e. The van der Waals surface area contributed by atoms with Gasteiger partial charge in [-0.2, -0.15) is 16.7 Å². The standard InChI is InChI=1S/C9H14N6O2S/c10-14-9-12-5-7(15(16)17)8(13-9)11-4-6-2-1-3-18-6/h5-6H,1-4,10H2,(H2,11,12,13,14). The van der Waals surface area contributed by atoms with E-state index >= 15 is 0 Å². The minimum absolute atomic E-state index is 0.142. The highest BCUT2D eigenvalue weighted by atomic mass is 32.2. The monoisotopic (exact) mass is 270 g/mol. The summed E-state index contributed by atoms with van der Waals surface area (Å²) in [5, 5.41) is 14.3. The van der Waals surface area contributed by atoms with Gasteiger partial charge in [0.25, 0.3) is 0 Å². The maximum atomic E-state index is 10.8. The Morgan fingerprint density at radius 3 is 3.11 bits per heavy atom. The lowest BCUT2D eigenvalue weighted by molar-refractivity contribution is -0.384. The molecule has 2 heterocycles. The van der Waals surface area contributed by atoms with Crippen LogP contribution in [0.1, 0.15) is 12.8 Å². The molecule has 18 heavy (non-hydrogen) atoms. The van der Waals surface area contributed by atoms with Crippen LogP contribution < -0.4 is 16.6 Å². The lowest BCUT2D eigenvalue weighted by atomic mass is 10.2. The molecule has 0 bridgehead atoms. The number of nitrogen functional groups attached to an aromatic ring is 1. The third kappa shape index (κ3) is 2.99. The van der Waals surface area contributed by atoms with Crippen molar-refractivity contribution in [3.05, 3.63) is 16.3 Å². The van der Waals surface area contributed by atoms with Crippen LogP contribution in [0.25, 0.3) is 0 Å². The Labute approximate surface area is 108 Å². The molecule has 98 valence electrons. The summed E-state index contributed by atoms with van der Waals surface area (Å²) in [4.78, 5) is 18.0. The van der Waals surface area contributed by atoms with Gasteiger partial charge in [0.15, 0.2) is 0 Å². The zero-order chi connectivity index (χ0) is 13.0. The van der Waals surface area contributed by atoms with E-state index in [1.807, 2.05) is 11.8 Å². The van der Waals surface area contributed by atoms with E-state index in [1.54, 1.807) is 0 Å². The summed E-state index contributed by atoms with van der Waals surface area (Å²) in [5.74, 6) is 6.69. The summed E-state index contributed by atoms with van der Waals surface area (Å²) >= 11 is 1.87. The molecule has 8 nitrogen and oxygen atoms in total. The molecule has 1 aliphatic rings. The van der Waals surface area contributed by atoms with Crippen molar-refractivity contribution in [3.63, 3.8) is 0 Å². The number of nitrogens with two attached hydrogens (primary N) is 1. The Hall–Kier alpha value is -1.61. The van der Waals surface area contributed by atoms with Crippen LogP contribution in [0.4, 0.5) is 17.5 Å². The van der Waals surface area contributed by atoms with Crippen LogP contribution in [-0.2, 0) is 0 Å². The molecule has 1 aromatic heterocycles. The van der Waals surface area contributed by atoms with Gasteiger partial charge in [-0.1, -0.05) is 0 Å². The molecule has 0 spiro atoms. The topological polar surface area (TPSA) is 119 Å². The molecule has 0 saturated carbocycles. The minimum atomic E-state index is -0.510. The molecular weight excluding hydrogens is 256 g/mol. The number of thioether (sulfide) groups is 1. The zero-order valence-electron chi connectivity index (χ0n) is 9.63. The maximum absolute atomic E-state index is 10.8. The Kier molecular flexibility index (Phi) is 4.15. The van der Waals surface area contributed by atoms with Gasteiger partial charge in [0.05, 0.1) is 4.92 Å². The second-order valence-electron chi connectivity index (χ2n) is 3.84. The number of nitro groups is 1. The average Bonchev–Trinajstić information content (AvgIpc) is 2.88. The third-order valence-electron chi connectivity index (χ3n) is 2.62. The van der Waals surface area contributed by atoms with Crippen LogP contribution in [-0.4, -0.2) is 32.4 Å². The smallest absolute Gasteiger partial charge is 0.329 e. The van der Waals surface area contributed by atoms with Crippen LogP contribution in [0.15, 0.2) is 6.20 Å². The Bertz CT molecular complexity index is 437. The molecule has 0 radical (unpaired) electrons. The highest BCUT2D eigenvalue weighted by molar-refractivity contribution is 8.00. The molecule has 1 fully saturated rings. The molecule has 1 aromatic rings. The van der Waals surface area contributed by atoms with Crippen molar-refractivity contribution in [1.29, 1.82) is 0 Å². The zero-order valence-corrected chi connectivity index (χ0v) is 10.4. The van der Waals surface area contributed by atoms with Crippen LogP contribution >= 0.6 is 11.8 Å². The molecule has 1 unspecified atom stereocenters. The molecular formula is C9H14N6O2S. The average molecular weight is 270 g/mol. The molecule has 0 aliphatic carbocycles. The summed E-state index contributed by atoms with van der Waals surface area (Å²) in [5.41, 5.74) is 2.13. The van der Waals surface area contributed by atoms with E-state index in [0.29, 0.717) is 11.8 Å². The van der Waals surface area contributed by atoms with Crippen molar-refractivity contribution in [2.75, 3.05) is 23.0 Å². The van der Waals surface area contributed by atoms with E-state index in [-0.39, 0.29) is 17.5 Å². The molecule has 9 heteroatoms. The van der Waals surface area contributed by atoms with Gasteiger partial charge < -0.3 is 5.32 Å². The van der Waals surface area contributed by atoms with Crippen molar-refractivity contribution in [1.82, 2.24) is 9.97 Å². The van der Waals surface area contributed by atoms with Gasteiger partial charge in [-0.15, -0.1) is 0 Å². The van der Waals surface area contributed by atoms with Crippen molar-refractivity contribution in [2.24, 2.45) is 5.84 Å². The first-order chi connectivity index (χ1) is 8.70. The van der Waals surface area contributed by atoms with Crippen molar-refractivity contribution in [2.45, 2.75) is 18.1 Å². The number of nitrogens with one attached hydrogen (secondary N) is 2. The summed E-state index contributed by atoms with van der Waals surface area (Å²) in [6.07, 6.45) is 3.46. The van der Waals surface area contributed by atoms with Gasteiger partial charge in [0.2, 0.25) is 11.8 Å². The predicted molar refractivity (Wildman–Crippen MR) is 70.5 cm³/mol. The van der Waals surface area contributed by atoms with Gasteiger partial charge in [-0.25, -0.2) is 10.8 Å². The Morgan fingerprint density at radius 2 is 2.50 bits per heavy atom. The summed E-state index contributed by atoms with van der Waals surface area (Å²) in [6, 6.07) is 0. The molecule has 4 N–H and O–H groups in total. The number of rotatable bonds is 5. The number of nitrogens with zero attached hydrogens (tertiary/aromatic N) is 3. The predicted octanol–water partition coefficient (Wildman–Crippen LogP) is 0.978. The Balaban J connectivity index is 2.10. The SMILES string of the molecule is NNc1ncc([N+](=O)[O-])c(NCC2CCCS2)n1. The number of hydrogen-bond acceptors (Lipinski definition) is 8. The van der Waals surface area contributed by atoms with Gasteiger partial charge in [0.1, 0.15) is 6.20 Å². The molecule has 0 amide bonds. The van der Waals surface area contributed by atoms with Gasteiger partial charge in [-0.05, 0) is 18.6 Å². The van der Waals surface area contributed by atoms with Crippen LogP contribution in [0, 0.1) is 10.1 Å². The maximum Gasteiger partial charge on any atom is 0.329 e. The summed E-state index contributed by atoms with van der Waals surface area (Å²) in [7, 11) is 0. The van der Waals surface area contributed by atoms with E-state index in [4.69, 9.17) is 5.84 Å². The quantitative estimate of drug-likeness (QED) is 0.411. The fourth-order valence-corrected chi connectivity index (χ4v) is 2.93. The van der Waals surface area contributed by atoms with Crippen LogP contribution in [0.2, 0.25) is 0 Å². The van der Waals surface area contributed by atoms with Gasteiger partial charge in [-0.3, -0.25) is 15.5 Å². The molecule has 1 atom stereocenters. The van der Waals surface area contributed by atoms with E-state index in [9.17, 15) is 10.1 Å². The first-order valence-electron chi connectivity index (χ1n) is 5.54. The van der Waals surface area contributed by atoms with Crippen LogP contribution in [0.3, 0.4) is 0 Å². The number of aromatic nitrogens is 2.